The van der Waals surface area contributed by atoms with Crippen molar-refractivity contribution >= 4 is 19.8 Å². The highest BCUT2D eigenvalue weighted by molar-refractivity contribution is 7.45. The minimum absolute atomic E-state index is 0.0248. The highest BCUT2D eigenvalue weighted by Crippen LogP contribution is 2.38. The summed E-state index contributed by atoms with van der Waals surface area (Å²) in [5.74, 6) is -0.804. The normalized spacial score (nSPS) is 13.1. The summed E-state index contributed by atoms with van der Waals surface area (Å²) in [7, 11) is 1.20. The molecule has 0 radical (unpaired) electrons. The van der Waals surface area contributed by atoms with E-state index in [1.165, 1.54) is 302 Å². The van der Waals surface area contributed by atoms with Crippen molar-refractivity contribution in [3.8, 4) is 0 Å². The number of hydrogen-bond acceptors (Lipinski definition) is 8. The van der Waals surface area contributed by atoms with Gasteiger partial charge in [0.2, 0.25) is 0 Å². The monoisotopic (exact) mass is 1110 g/mol. The van der Waals surface area contributed by atoms with E-state index in [0.29, 0.717) is 17.4 Å². The van der Waals surface area contributed by atoms with E-state index in [2.05, 4.69) is 13.8 Å². The Labute approximate surface area is 480 Å². The highest BCUT2D eigenvalue weighted by atomic mass is 31.2. The molecule has 460 valence electrons. The maximum absolute atomic E-state index is 12.8. The number of nitrogens with zero attached hydrogens (tertiary/aromatic N) is 1. The number of phosphoric ester groups is 1. The molecule has 0 spiro atoms. The molecule has 0 N–H and O–H groups in total. The summed E-state index contributed by atoms with van der Waals surface area (Å²) in [6, 6.07) is 0. The Morgan fingerprint density at radius 1 is 0.351 bits per heavy atom. The first-order valence-corrected chi connectivity index (χ1v) is 35.7. The summed E-state index contributed by atoms with van der Waals surface area (Å²) >= 11 is 0. The topological polar surface area (TPSA) is 111 Å². The van der Waals surface area contributed by atoms with Crippen LogP contribution in [0.4, 0.5) is 0 Å². The van der Waals surface area contributed by atoms with Crippen molar-refractivity contribution in [2.75, 3.05) is 47.5 Å². The molecule has 0 amide bonds. The van der Waals surface area contributed by atoms with Crippen molar-refractivity contribution in [3.63, 3.8) is 0 Å². The molecule has 0 aromatic carbocycles. The zero-order valence-electron chi connectivity index (χ0n) is 52.5. The van der Waals surface area contributed by atoms with Gasteiger partial charge in [-0.1, -0.05) is 341 Å². The number of phosphoric acid groups is 1. The fourth-order valence-corrected chi connectivity index (χ4v) is 11.3. The van der Waals surface area contributed by atoms with Crippen molar-refractivity contribution in [2.45, 2.75) is 373 Å². The third-order valence-electron chi connectivity index (χ3n) is 15.9. The molecule has 0 aliphatic rings. The number of unbranched alkanes of at least 4 members (excludes halogenated alkanes) is 51. The Kier molecular flexibility index (Phi) is 58.9. The van der Waals surface area contributed by atoms with Crippen LogP contribution in [-0.4, -0.2) is 70.0 Å². The van der Waals surface area contributed by atoms with Crippen molar-refractivity contribution in [3.05, 3.63) is 0 Å². The molecule has 0 aliphatic heterocycles. The summed E-state index contributed by atoms with van der Waals surface area (Å²) in [6.45, 7) is 4.33. The Balaban J connectivity index is 3.97. The van der Waals surface area contributed by atoms with Crippen LogP contribution < -0.4 is 4.89 Å². The van der Waals surface area contributed by atoms with E-state index in [1.54, 1.807) is 0 Å². The lowest BCUT2D eigenvalue weighted by Gasteiger charge is -2.28. The SMILES string of the molecule is CCCCCCCCCCCCCCCCCCCCCCCCCCCCCCCCCC(=O)OC(COC(=O)CCCCCCCCCCCCCCCCCCCCCCCC)COP(=O)([O-])OCC[N+](C)(C)C. The summed E-state index contributed by atoms with van der Waals surface area (Å²) in [6.07, 6.45) is 70.4. The third-order valence-corrected chi connectivity index (χ3v) is 16.8. The lowest BCUT2D eigenvalue weighted by molar-refractivity contribution is -0.870. The van der Waals surface area contributed by atoms with Gasteiger partial charge in [0, 0.05) is 12.8 Å². The van der Waals surface area contributed by atoms with Crippen LogP contribution in [0, 0.1) is 0 Å². The molecule has 77 heavy (non-hydrogen) atoms. The maximum atomic E-state index is 12.8. The number of likely N-dealkylation sites (N-methyl/N-ethyl adjacent to an activating group) is 1. The number of carbonyl (C=O) groups is 2. The Bertz CT molecular complexity index is 1260. The minimum atomic E-state index is -4.63. The standard InChI is InChI=1S/C67H134NO8P/c1-6-8-10-12-14-16-18-20-22-24-26-28-30-31-32-33-34-35-36-37-38-40-42-44-46-48-50-52-54-56-58-60-67(70)76-65(64-75-77(71,72)74-62-61-68(3,4)5)63-73-66(69)59-57-55-53-51-49-47-45-43-41-39-29-27-25-23-21-19-17-15-13-11-9-7-2/h65H,6-64H2,1-5H3. The maximum Gasteiger partial charge on any atom is 0.306 e. The molecule has 0 aromatic heterocycles. The molecule has 0 bridgehead atoms. The predicted octanol–water partition coefficient (Wildman–Crippen LogP) is 21.1. The quantitative estimate of drug-likeness (QED) is 0.0256. The van der Waals surface area contributed by atoms with Crippen LogP contribution >= 0.6 is 7.82 Å². The predicted molar refractivity (Wildman–Crippen MR) is 329 cm³/mol. The second kappa shape index (κ2) is 59.6. The van der Waals surface area contributed by atoms with Gasteiger partial charge in [0.15, 0.2) is 6.10 Å². The van der Waals surface area contributed by atoms with Crippen LogP contribution in [0.5, 0.6) is 0 Å². The first kappa shape index (κ1) is 76.0. The Morgan fingerprint density at radius 2 is 0.584 bits per heavy atom. The van der Waals surface area contributed by atoms with Gasteiger partial charge in [-0.05, 0) is 12.8 Å². The zero-order valence-corrected chi connectivity index (χ0v) is 53.4. The summed E-state index contributed by atoms with van der Waals surface area (Å²) in [5, 5.41) is 0. The molecule has 0 aliphatic carbocycles. The lowest BCUT2D eigenvalue weighted by Crippen LogP contribution is -2.37. The fourth-order valence-electron chi connectivity index (χ4n) is 10.6. The van der Waals surface area contributed by atoms with Gasteiger partial charge in [-0.25, -0.2) is 0 Å². The number of esters is 2. The second-order valence-corrected chi connectivity index (χ2v) is 26.3. The molecule has 2 unspecified atom stereocenters. The molecule has 2 atom stereocenters. The molecule has 0 heterocycles. The first-order chi connectivity index (χ1) is 37.5. The molecule has 0 saturated heterocycles. The van der Waals surface area contributed by atoms with Crippen molar-refractivity contribution < 1.29 is 42.1 Å². The van der Waals surface area contributed by atoms with Crippen LogP contribution in [0.3, 0.4) is 0 Å². The fraction of sp³-hybridized carbons (Fsp3) is 0.970. The summed E-state index contributed by atoms with van der Waals surface area (Å²) in [5.41, 5.74) is 0. The lowest BCUT2D eigenvalue weighted by atomic mass is 10.0. The van der Waals surface area contributed by atoms with E-state index in [-0.39, 0.29) is 32.0 Å². The van der Waals surface area contributed by atoms with E-state index in [0.717, 1.165) is 32.1 Å². The van der Waals surface area contributed by atoms with Gasteiger partial charge in [-0.3, -0.25) is 14.2 Å². The van der Waals surface area contributed by atoms with Gasteiger partial charge >= 0.3 is 11.9 Å². The molecule has 0 rings (SSSR count). The molecule has 0 fully saturated rings. The van der Waals surface area contributed by atoms with Gasteiger partial charge in [0.1, 0.15) is 19.8 Å². The largest absolute Gasteiger partial charge is 0.756 e. The molecule has 9 nitrogen and oxygen atoms in total. The molecular formula is C67H134NO8P. The molecule has 0 saturated carbocycles. The second-order valence-electron chi connectivity index (χ2n) is 24.9. The van der Waals surface area contributed by atoms with Crippen molar-refractivity contribution in [2.24, 2.45) is 0 Å². The van der Waals surface area contributed by atoms with Crippen LogP contribution in [0.2, 0.25) is 0 Å². The van der Waals surface area contributed by atoms with Gasteiger partial charge in [-0.15, -0.1) is 0 Å². The summed E-state index contributed by atoms with van der Waals surface area (Å²) in [4.78, 5) is 38.0. The van der Waals surface area contributed by atoms with Crippen LogP contribution in [-0.2, 0) is 32.7 Å². The average Bonchev–Trinajstić information content (AvgIpc) is 3.39. The van der Waals surface area contributed by atoms with E-state index < -0.39 is 26.5 Å². The van der Waals surface area contributed by atoms with Gasteiger partial charge in [0.05, 0.1) is 27.7 Å². The Morgan fingerprint density at radius 3 is 0.831 bits per heavy atom. The number of carbonyl (C=O) groups excluding carboxylic acids is 2. The van der Waals surface area contributed by atoms with E-state index in [9.17, 15) is 19.0 Å². The highest BCUT2D eigenvalue weighted by Gasteiger charge is 2.22. The molecular weight excluding hydrogens is 978 g/mol. The molecule has 0 aromatic rings. The first-order valence-electron chi connectivity index (χ1n) is 34.2. The van der Waals surface area contributed by atoms with E-state index in [4.69, 9.17) is 18.5 Å². The van der Waals surface area contributed by atoms with Crippen molar-refractivity contribution in [1.29, 1.82) is 0 Å². The molecule has 10 heteroatoms. The number of rotatable bonds is 65. The number of hydrogen-bond donors (Lipinski definition) is 0. The van der Waals surface area contributed by atoms with Crippen LogP contribution in [0.25, 0.3) is 0 Å². The van der Waals surface area contributed by atoms with Crippen molar-refractivity contribution in [1.82, 2.24) is 0 Å². The average molecular weight is 1110 g/mol. The zero-order chi connectivity index (χ0) is 56.3. The van der Waals surface area contributed by atoms with Crippen LogP contribution in [0.1, 0.15) is 367 Å². The number of quaternary nitrogens is 1. The van der Waals surface area contributed by atoms with Crippen LogP contribution in [0.15, 0.2) is 0 Å². The smallest absolute Gasteiger partial charge is 0.306 e. The van der Waals surface area contributed by atoms with Gasteiger partial charge < -0.3 is 27.9 Å². The van der Waals surface area contributed by atoms with E-state index in [1.807, 2.05) is 21.1 Å². The van der Waals surface area contributed by atoms with Gasteiger partial charge in [-0.2, -0.15) is 0 Å². The summed E-state index contributed by atoms with van der Waals surface area (Å²) < 4.78 is 34.3. The number of ether oxygens (including phenoxy) is 2. The van der Waals surface area contributed by atoms with Gasteiger partial charge in [0.25, 0.3) is 7.82 Å². The minimum Gasteiger partial charge on any atom is -0.756 e. The third kappa shape index (κ3) is 64.1. The van der Waals surface area contributed by atoms with E-state index >= 15 is 0 Å². The Hall–Kier alpha value is -0.990.